The molecule has 238 valence electrons. The maximum atomic E-state index is 14.1. The lowest BCUT2D eigenvalue weighted by molar-refractivity contribution is -0.142. The Morgan fingerprint density at radius 3 is 2.19 bits per heavy atom. The number of likely N-dealkylation sites (N-methyl/N-ethyl adjacent to an activating group) is 1. The van der Waals surface area contributed by atoms with E-state index in [2.05, 4.69) is 24.1 Å². The fourth-order valence-electron chi connectivity index (χ4n) is 6.46. The molecule has 0 spiro atoms. The number of rotatable bonds is 9. The van der Waals surface area contributed by atoms with Gasteiger partial charge < -0.3 is 20.0 Å². The van der Waals surface area contributed by atoms with Crippen LogP contribution in [0.4, 0.5) is 0 Å². The Morgan fingerprint density at radius 1 is 0.952 bits per heavy atom. The normalized spacial score (nSPS) is 23.8. The molecule has 1 N–H and O–H groups in total. The summed E-state index contributed by atoms with van der Waals surface area (Å²) >= 11 is 1.74. The lowest BCUT2D eigenvalue weighted by atomic mass is 9.84. The van der Waals surface area contributed by atoms with E-state index < -0.39 is 17.5 Å². The van der Waals surface area contributed by atoms with Crippen molar-refractivity contribution >= 4 is 35.4 Å². The summed E-state index contributed by atoms with van der Waals surface area (Å²) in [5, 5.41) is 3.14. The summed E-state index contributed by atoms with van der Waals surface area (Å²) in [4.78, 5) is 62.0. The predicted molar refractivity (Wildman–Crippen MR) is 170 cm³/mol. The Bertz CT molecular complexity index is 1020. The molecule has 3 heterocycles. The van der Waals surface area contributed by atoms with Crippen LogP contribution in [-0.4, -0.2) is 112 Å². The quantitative estimate of drug-likeness (QED) is 0.403. The van der Waals surface area contributed by atoms with Crippen molar-refractivity contribution in [3.63, 3.8) is 0 Å². The van der Waals surface area contributed by atoms with Crippen molar-refractivity contribution in [3.05, 3.63) is 11.6 Å². The Labute approximate surface area is 258 Å². The molecule has 4 amide bonds. The highest BCUT2D eigenvalue weighted by atomic mass is 32.2. The zero-order chi connectivity index (χ0) is 31.4. The highest BCUT2D eigenvalue weighted by Gasteiger charge is 2.41. The summed E-state index contributed by atoms with van der Waals surface area (Å²) in [7, 11) is 1.76. The first-order chi connectivity index (χ1) is 19.6. The molecule has 0 radical (unpaired) electrons. The van der Waals surface area contributed by atoms with E-state index in [0.29, 0.717) is 24.4 Å². The minimum absolute atomic E-state index is 0.0328. The average Bonchev–Trinajstić information content (AvgIpc) is 3.65. The van der Waals surface area contributed by atoms with Crippen LogP contribution in [0, 0.1) is 11.3 Å². The molecule has 0 saturated carbocycles. The van der Waals surface area contributed by atoms with Crippen LogP contribution >= 0.6 is 11.8 Å². The number of carbonyl (C=O) groups excluding carboxylic acids is 4. The van der Waals surface area contributed by atoms with E-state index >= 15 is 0 Å². The lowest BCUT2D eigenvalue weighted by Gasteiger charge is -2.41. The summed E-state index contributed by atoms with van der Waals surface area (Å²) in [5.41, 5.74) is 0.0285. The molecule has 0 aromatic rings. The fourth-order valence-corrected chi connectivity index (χ4v) is 7.42. The van der Waals surface area contributed by atoms with E-state index in [1.807, 2.05) is 45.6 Å². The third-order valence-electron chi connectivity index (χ3n) is 9.01. The van der Waals surface area contributed by atoms with E-state index in [9.17, 15) is 19.2 Å². The van der Waals surface area contributed by atoms with E-state index in [1.165, 1.54) is 0 Å². The van der Waals surface area contributed by atoms with Gasteiger partial charge in [-0.3, -0.25) is 24.1 Å². The van der Waals surface area contributed by atoms with Crippen LogP contribution in [0.1, 0.15) is 87.5 Å². The number of likely N-dealkylation sites (tertiary alicyclic amines) is 2. The van der Waals surface area contributed by atoms with Crippen LogP contribution in [0.2, 0.25) is 0 Å². The summed E-state index contributed by atoms with van der Waals surface area (Å²) in [6.07, 6.45) is 6.25. The standard InChI is InChI=1S/C32H55N5O4S/c1-21(2)26(19-23(5)29(39)37-16-12-14-25(37)30(40)35-17-18-42-20-35)34(9)31(41)27(32(6,7)8)33-28(38)24-13-10-11-15-36(24)22(3)4/h19,21-22,24-27H,10-18,20H2,1-9H3,(H,33,38)/t24-,25+,26?,27-/m1/s1. The molecule has 0 aromatic heterocycles. The van der Waals surface area contributed by atoms with Gasteiger partial charge in [0.25, 0.3) is 0 Å². The van der Waals surface area contributed by atoms with Gasteiger partial charge in [0.2, 0.25) is 23.6 Å². The number of thioether (sulfide) groups is 1. The molecule has 3 aliphatic heterocycles. The van der Waals surface area contributed by atoms with Gasteiger partial charge in [-0.15, -0.1) is 11.8 Å². The molecule has 10 heteroatoms. The van der Waals surface area contributed by atoms with Crippen molar-refractivity contribution in [2.45, 2.75) is 118 Å². The number of piperidine rings is 1. The van der Waals surface area contributed by atoms with Gasteiger partial charge in [0, 0.05) is 37.5 Å². The molecule has 0 aliphatic carbocycles. The highest BCUT2D eigenvalue weighted by Crippen LogP contribution is 2.28. The number of hydrogen-bond acceptors (Lipinski definition) is 6. The fraction of sp³-hybridized carbons (Fsp3) is 0.812. The van der Waals surface area contributed by atoms with Crippen LogP contribution < -0.4 is 5.32 Å². The first kappa shape index (κ1) is 34.4. The van der Waals surface area contributed by atoms with E-state index in [1.54, 1.807) is 35.5 Å². The molecule has 0 bridgehead atoms. The van der Waals surface area contributed by atoms with Crippen LogP contribution in [0.25, 0.3) is 0 Å². The van der Waals surface area contributed by atoms with Gasteiger partial charge in [-0.05, 0) is 64.3 Å². The van der Waals surface area contributed by atoms with Crippen molar-refractivity contribution in [2.24, 2.45) is 11.3 Å². The third kappa shape index (κ3) is 8.10. The van der Waals surface area contributed by atoms with Gasteiger partial charge >= 0.3 is 0 Å². The number of nitrogens with zero attached hydrogens (tertiary/aromatic N) is 4. The number of amides is 4. The van der Waals surface area contributed by atoms with Crippen LogP contribution in [0.5, 0.6) is 0 Å². The predicted octanol–water partition coefficient (Wildman–Crippen LogP) is 3.73. The lowest BCUT2D eigenvalue weighted by Crippen LogP contribution is -2.60. The summed E-state index contributed by atoms with van der Waals surface area (Å²) in [6.45, 7) is 18.2. The van der Waals surface area contributed by atoms with Gasteiger partial charge in [-0.2, -0.15) is 0 Å². The zero-order valence-electron chi connectivity index (χ0n) is 27.4. The maximum absolute atomic E-state index is 14.1. The minimum atomic E-state index is -0.712. The van der Waals surface area contributed by atoms with E-state index in [4.69, 9.17) is 0 Å². The molecular formula is C32H55N5O4S. The summed E-state index contributed by atoms with van der Waals surface area (Å²) < 4.78 is 0. The van der Waals surface area contributed by atoms with Crippen LogP contribution in [-0.2, 0) is 19.2 Å². The minimum Gasteiger partial charge on any atom is -0.342 e. The molecule has 3 saturated heterocycles. The van der Waals surface area contributed by atoms with E-state index in [0.717, 1.165) is 44.5 Å². The monoisotopic (exact) mass is 605 g/mol. The van der Waals surface area contributed by atoms with Crippen molar-refractivity contribution in [2.75, 3.05) is 38.3 Å². The maximum Gasteiger partial charge on any atom is 0.249 e. The van der Waals surface area contributed by atoms with Crippen molar-refractivity contribution in [3.8, 4) is 0 Å². The smallest absolute Gasteiger partial charge is 0.249 e. The van der Waals surface area contributed by atoms with Crippen LogP contribution in [0.15, 0.2) is 11.6 Å². The van der Waals surface area contributed by atoms with Crippen molar-refractivity contribution in [1.29, 1.82) is 0 Å². The largest absolute Gasteiger partial charge is 0.342 e. The van der Waals surface area contributed by atoms with Gasteiger partial charge in [0.05, 0.1) is 18.0 Å². The number of nitrogens with one attached hydrogen (secondary N) is 1. The van der Waals surface area contributed by atoms with Crippen molar-refractivity contribution < 1.29 is 19.2 Å². The number of hydrogen-bond donors (Lipinski definition) is 1. The molecule has 1 unspecified atom stereocenters. The highest BCUT2D eigenvalue weighted by molar-refractivity contribution is 7.99. The van der Waals surface area contributed by atoms with Gasteiger partial charge in [-0.25, -0.2) is 0 Å². The van der Waals surface area contributed by atoms with Gasteiger partial charge in [0.1, 0.15) is 12.1 Å². The molecule has 3 rings (SSSR count). The van der Waals surface area contributed by atoms with Gasteiger partial charge in [-0.1, -0.05) is 47.1 Å². The second kappa shape index (κ2) is 14.6. The van der Waals surface area contributed by atoms with Gasteiger partial charge in [0.15, 0.2) is 0 Å². The molecular weight excluding hydrogens is 550 g/mol. The Hall–Kier alpha value is -2.07. The average molecular weight is 606 g/mol. The molecule has 3 fully saturated rings. The first-order valence-corrected chi connectivity index (χ1v) is 17.0. The summed E-state index contributed by atoms with van der Waals surface area (Å²) in [5.74, 6) is 1.31. The topological polar surface area (TPSA) is 93.3 Å². The molecule has 9 nitrogen and oxygen atoms in total. The Kier molecular flexibility index (Phi) is 12.0. The molecule has 4 atom stereocenters. The molecule has 3 aliphatic rings. The Morgan fingerprint density at radius 2 is 1.62 bits per heavy atom. The van der Waals surface area contributed by atoms with Crippen molar-refractivity contribution in [1.82, 2.24) is 24.9 Å². The third-order valence-corrected chi connectivity index (χ3v) is 9.97. The second-order valence-corrected chi connectivity index (χ2v) is 15.1. The first-order valence-electron chi connectivity index (χ1n) is 15.8. The Balaban J connectivity index is 1.78. The summed E-state index contributed by atoms with van der Waals surface area (Å²) in [6, 6.07) is -1.46. The molecule has 0 aromatic carbocycles. The second-order valence-electron chi connectivity index (χ2n) is 14.0. The molecule has 42 heavy (non-hydrogen) atoms. The SMILES string of the molecule is CC(=CC(C(C)C)N(C)C(=O)[C@@H](NC(=O)[C@H]1CCCCN1C(C)C)C(C)(C)C)C(=O)N1CCC[C@H]1C(=O)N1CCSC1. The zero-order valence-corrected chi connectivity index (χ0v) is 28.3. The van der Waals surface area contributed by atoms with E-state index in [-0.39, 0.29) is 47.7 Å². The number of carbonyl (C=O) groups is 4. The van der Waals surface area contributed by atoms with Crippen LogP contribution in [0.3, 0.4) is 0 Å².